The lowest BCUT2D eigenvalue weighted by molar-refractivity contribution is -0.870. The van der Waals surface area contributed by atoms with Gasteiger partial charge in [-0.2, -0.15) is 0 Å². The number of hydrogen-bond donors (Lipinski definition) is 0. The predicted molar refractivity (Wildman–Crippen MR) is 91.2 cm³/mol. The molecule has 0 amide bonds. The highest BCUT2D eigenvalue weighted by molar-refractivity contribution is 7.45. The Morgan fingerprint density at radius 1 is 1.17 bits per heavy atom. The van der Waals surface area contributed by atoms with E-state index in [1.54, 1.807) is 0 Å². The summed E-state index contributed by atoms with van der Waals surface area (Å²) in [6, 6.07) is 0. The van der Waals surface area contributed by atoms with Crippen LogP contribution >= 0.6 is 7.82 Å². The molecule has 0 spiro atoms. The van der Waals surface area contributed by atoms with Crippen molar-refractivity contribution in [1.82, 2.24) is 0 Å². The summed E-state index contributed by atoms with van der Waals surface area (Å²) in [5.41, 5.74) is -0.599. The number of rotatable bonds is 12. The highest BCUT2D eigenvalue weighted by atomic mass is 31.2. The Morgan fingerprint density at radius 2 is 1.71 bits per heavy atom. The molecular weight excluding hydrogens is 333 g/mol. The van der Waals surface area contributed by atoms with Crippen LogP contribution in [0.15, 0.2) is 0 Å². The van der Waals surface area contributed by atoms with Crippen LogP contribution in [0.25, 0.3) is 0 Å². The lowest BCUT2D eigenvalue weighted by atomic mass is 9.82. The molecule has 0 radical (unpaired) electrons. The first-order valence-electron chi connectivity index (χ1n) is 8.37. The fraction of sp³-hybridized carbons (Fsp3) is 0.938. The molecule has 0 aromatic heterocycles. The third-order valence-electron chi connectivity index (χ3n) is 3.69. The van der Waals surface area contributed by atoms with Gasteiger partial charge in [-0.05, 0) is 26.2 Å². The number of quaternary nitrogens is 1. The van der Waals surface area contributed by atoms with E-state index in [2.05, 4.69) is 13.8 Å². The van der Waals surface area contributed by atoms with Crippen molar-refractivity contribution in [3.8, 4) is 0 Å². The number of carbonyl (C=O) groups excluding carboxylic acids is 1. The highest BCUT2D eigenvalue weighted by Crippen LogP contribution is 2.37. The SMILES string of the molecule is CCC(C)CC(C)(C)C(=O)OCCOP(=O)([O-])OCC[N+](C)(C)C. The molecule has 0 aromatic carbocycles. The van der Waals surface area contributed by atoms with Crippen LogP contribution in [0.1, 0.15) is 40.5 Å². The minimum absolute atomic E-state index is 0.0476. The van der Waals surface area contributed by atoms with Crippen LogP contribution in [0, 0.1) is 11.3 Å². The summed E-state index contributed by atoms with van der Waals surface area (Å²) in [7, 11) is 1.44. The van der Waals surface area contributed by atoms with E-state index in [0.717, 1.165) is 12.8 Å². The number of nitrogens with zero attached hydrogens (tertiary/aromatic N) is 1. The van der Waals surface area contributed by atoms with Crippen LogP contribution < -0.4 is 4.89 Å². The number of phosphoric acid groups is 1. The molecule has 0 rings (SSSR count). The third-order valence-corrected chi connectivity index (χ3v) is 4.68. The normalized spacial score (nSPS) is 16.5. The molecule has 0 aromatic rings. The Balaban J connectivity index is 4.10. The van der Waals surface area contributed by atoms with Crippen LogP contribution in [0.3, 0.4) is 0 Å². The quantitative estimate of drug-likeness (QED) is 0.228. The zero-order valence-electron chi connectivity index (χ0n) is 16.2. The Morgan fingerprint density at radius 3 is 2.21 bits per heavy atom. The van der Waals surface area contributed by atoms with Gasteiger partial charge in [-0.25, -0.2) is 0 Å². The molecule has 0 aliphatic rings. The summed E-state index contributed by atoms with van der Waals surface area (Å²) in [5.74, 6) is 0.0679. The number of likely N-dealkylation sites (N-methyl/N-ethyl adjacent to an activating group) is 1. The molecule has 144 valence electrons. The molecule has 0 aliphatic heterocycles. The van der Waals surface area contributed by atoms with E-state index in [4.69, 9.17) is 13.8 Å². The van der Waals surface area contributed by atoms with Crippen molar-refractivity contribution in [3.63, 3.8) is 0 Å². The minimum atomic E-state index is -4.36. The van der Waals surface area contributed by atoms with Crippen molar-refractivity contribution in [1.29, 1.82) is 0 Å². The summed E-state index contributed by atoms with van der Waals surface area (Å²) >= 11 is 0. The monoisotopic (exact) mass is 367 g/mol. The second-order valence-corrected chi connectivity index (χ2v) is 9.28. The zero-order valence-corrected chi connectivity index (χ0v) is 17.1. The molecule has 0 heterocycles. The van der Waals surface area contributed by atoms with Crippen molar-refractivity contribution in [2.45, 2.75) is 40.5 Å². The standard InChI is InChI=1S/C16H34NO6P/c1-8-14(2)13-16(3,4)15(18)21-11-12-23-24(19,20)22-10-9-17(5,6)7/h14H,8-13H2,1-7H3. The third kappa shape index (κ3) is 11.2. The van der Waals surface area contributed by atoms with E-state index >= 15 is 0 Å². The summed E-state index contributed by atoms with van der Waals surface area (Å²) < 4.78 is 26.8. The maximum atomic E-state index is 12.1. The molecule has 0 N–H and O–H groups in total. The van der Waals surface area contributed by atoms with Crippen LogP contribution in [0.2, 0.25) is 0 Å². The molecule has 0 bridgehead atoms. The van der Waals surface area contributed by atoms with Crippen molar-refractivity contribution in [2.75, 3.05) is 47.5 Å². The van der Waals surface area contributed by atoms with E-state index in [0.29, 0.717) is 16.9 Å². The van der Waals surface area contributed by atoms with Gasteiger partial charge in [-0.15, -0.1) is 0 Å². The maximum absolute atomic E-state index is 12.1. The summed E-state index contributed by atoms with van der Waals surface area (Å²) in [6.07, 6.45) is 1.71. The van der Waals surface area contributed by atoms with Gasteiger partial charge in [-0.3, -0.25) is 9.36 Å². The first-order chi connectivity index (χ1) is 10.8. The highest BCUT2D eigenvalue weighted by Gasteiger charge is 2.30. The van der Waals surface area contributed by atoms with Crippen LogP contribution in [-0.2, 0) is 23.1 Å². The molecule has 8 heteroatoms. The second kappa shape index (κ2) is 9.88. The Hall–Kier alpha value is -0.460. The van der Waals surface area contributed by atoms with Crippen molar-refractivity contribution in [2.24, 2.45) is 11.3 Å². The number of phosphoric ester groups is 1. The van der Waals surface area contributed by atoms with Gasteiger partial charge in [-0.1, -0.05) is 20.3 Å². The lowest BCUT2D eigenvalue weighted by Gasteiger charge is -2.27. The Bertz CT molecular complexity index is 433. The van der Waals surface area contributed by atoms with Gasteiger partial charge in [0.25, 0.3) is 7.82 Å². The summed E-state index contributed by atoms with van der Waals surface area (Å²) in [4.78, 5) is 23.6. The van der Waals surface area contributed by atoms with Gasteiger partial charge < -0.3 is 23.2 Å². The number of ether oxygens (including phenoxy) is 1. The second-order valence-electron chi connectivity index (χ2n) is 7.86. The van der Waals surface area contributed by atoms with Crippen molar-refractivity contribution < 1.29 is 32.5 Å². The van der Waals surface area contributed by atoms with Crippen LogP contribution in [0.4, 0.5) is 0 Å². The van der Waals surface area contributed by atoms with E-state index in [-0.39, 0.29) is 25.8 Å². The molecule has 0 fully saturated rings. The zero-order chi connectivity index (χ0) is 19.0. The minimum Gasteiger partial charge on any atom is -0.756 e. The molecule has 0 aliphatic carbocycles. The largest absolute Gasteiger partial charge is 0.756 e. The van der Waals surface area contributed by atoms with E-state index < -0.39 is 13.2 Å². The first-order valence-corrected chi connectivity index (χ1v) is 9.83. The molecule has 2 atom stereocenters. The molecule has 24 heavy (non-hydrogen) atoms. The first kappa shape index (κ1) is 23.5. The van der Waals surface area contributed by atoms with Gasteiger partial charge in [0, 0.05) is 0 Å². The average Bonchev–Trinajstić information content (AvgIpc) is 2.40. The smallest absolute Gasteiger partial charge is 0.311 e. The molecule has 0 saturated heterocycles. The molecule has 0 saturated carbocycles. The fourth-order valence-corrected chi connectivity index (χ4v) is 2.72. The van der Waals surface area contributed by atoms with Gasteiger partial charge >= 0.3 is 5.97 Å². The van der Waals surface area contributed by atoms with Gasteiger partial charge in [0.1, 0.15) is 19.8 Å². The predicted octanol–water partition coefficient (Wildman–Crippen LogP) is 2.20. The van der Waals surface area contributed by atoms with E-state index in [1.165, 1.54) is 0 Å². The molecular formula is C16H34NO6P. The summed E-state index contributed by atoms with van der Waals surface area (Å²) in [6.45, 7) is 8.04. The average molecular weight is 367 g/mol. The topological polar surface area (TPSA) is 84.9 Å². The van der Waals surface area contributed by atoms with Gasteiger partial charge in [0.05, 0.1) is 33.2 Å². The Kier molecular flexibility index (Phi) is 9.69. The van der Waals surface area contributed by atoms with Gasteiger partial charge in [0.15, 0.2) is 0 Å². The van der Waals surface area contributed by atoms with Crippen LogP contribution in [0.5, 0.6) is 0 Å². The number of hydrogen-bond acceptors (Lipinski definition) is 6. The van der Waals surface area contributed by atoms with Crippen molar-refractivity contribution in [3.05, 3.63) is 0 Å². The number of esters is 1. The molecule has 2 unspecified atom stereocenters. The lowest BCUT2D eigenvalue weighted by Crippen LogP contribution is -2.37. The number of carbonyl (C=O) groups is 1. The van der Waals surface area contributed by atoms with Gasteiger partial charge in [0.2, 0.25) is 0 Å². The maximum Gasteiger partial charge on any atom is 0.311 e. The Labute approximate surface area is 146 Å². The van der Waals surface area contributed by atoms with E-state index in [1.807, 2.05) is 35.0 Å². The summed E-state index contributed by atoms with van der Waals surface area (Å²) in [5, 5.41) is 0. The molecule has 7 nitrogen and oxygen atoms in total. The fourth-order valence-electron chi connectivity index (χ4n) is 2.04. The van der Waals surface area contributed by atoms with Crippen LogP contribution in [-0.4, -0.2) is 58.0 Å². The van der Waals surface area contributed by atoms with Crippen molar-refractivity contribution >= 4 is 13.8 Å². The van der Waals surface area contributed by atoms with E-state index in [9.17, 15) is 14.3 Å².